The number of amides is 1. The van der Waals surface area contributed by atoms with E-state index in [2.05, 4.69) is 5.32 Å². The smallest absolute Gasteiger partial charge is 0.305 e. The monoisotopic (exact) mass is 428 g/mol. The van der Waals surface area contributed by atoms with Crippen molar-refractivity contribution in [2.75, 3.05) is 6.54 Å². The van der Waals surface area contributed by atoms with Gasteiger partial charge < -0.3 is 15.5 Å². The molecule has 0 aliphatic rings. The van der Waals surface area contributed by atoms with Crippen LogP contribution in [0.5, 0.6) is 5.75 Å². The van der Waals surface area contributed by atoms with E-state index < -0.39 is 11.9 Å². The fourth-order valence-corrected chi connectivity index (χ4v) is 3.66. The Hall–Kier alpha value is -3.32. The summed E-state index contributed by atoms with van der Waals surface area (Å²) in [5, 5.41) is 22.4. The Labute approximate surface area is 177 Å². The summed E-state index contributed by atoms with van der Waals surface area (Å²) >= 11 is 5.92. The topological polar surface area (TPSA) is 109 Å². The van der Waals surface area contributed by atoms with E-state index in [0.717, 1.165) is 0 Å². The van der Waals surface area contributed by atoms with Crippen molar-refractivity contribution in [3.63, 3.8) is 0 Å². The van der Waals surface area contributed by atoms with Crippen LogP contribution in [0.2, 0.25) is 5.02 Å². The summed E-state index contributed by atoms with van der Waals surface area (Å²) in [6.45, 7) is 3.42. The number of aromatic nitrogens is 1. The van der Waals surface area contributed by atoms with E-state index >= 15 is 0 Å². The third-order valence-corrected chi connectivity index (χ3v) is 5.25. The molecule has 0 saturated carbocycles. The quantitative estimate of drug-likeness (QED) is 0.554. The summed E-state index contributed by atoms with van der Waals surface area (Å²) in [6.07, 6.45) is -0.185. The molecular formula is C22H21ClN2O5. The number of nitrogens with one attached hydrogen (secondary N) is 1. The lowest BCUT2D eigenvalue weighted by atomic mass is 9.97. The molecule has 7 nitrogen and oxygen atoms in total. The van der Waals surface area contributed by atoms with Crippen molar-refractivity contribution in [3.05, 3.63) is 64.3 Å². The molecule has 30 heavy (non-hydrogen) atoms. The zero-order chi connectivity index (χ0) is 22.0. The van der Waals surface area contributed by atoms with Gasteiger partial charge >= 0.3 is 5.97 Å². The summed E-state index contributed by atoms with van der Waals surface area (Å²) in [6, 6.07) is 11.1. The Morgan fingerprint density at radius 2 is 1.80 bits per heavy atom. The number of fused-ring (bicyclic) bond motifs is 1. The molecule has 8 heteroatoms. The fourth-order valence-electron chi connectivity index (χ4n) is 3.54. The number of hydrogen-bond donors (Lipinski definition) is 3. The third-order valence-electron chi connectivity index (χ3n) is 5.00. The third kappa shape index (κ3) is 4.16. The van der Waals surface area contributed by atoms with Gasteiger partial charge in [-0.3, -0.25) is 19.0 Å². The Kier molecular flexibility index (Phi) is 6.12. The van der Waals surface area contributed by atoms with Gasteiger partial charge in [-0.1, -0.05) is 11.6 Å². The van der Waals surface area contributed by atoms with Crippen molar-refractivity contribution in [2.24, 2.45) is 0 Å². The number of carbonyl (C=O) groups is 3. The first-order valence-corrected chi connectivity index (χ1v) is 9.72. The molecule has 3 rings (SSSR count). The lowest BCUT2D eigenvalue weighted by Gasteiger charge is -2.13. The largest absolute Gasteiger partial charge is 0.508 e. The number of hydrogen-bond acceptors (Lipinski definition) is 4. The van der Waals surface area contributed by atoms with Crippen LogP contribution in [0.1, 0.15) is 40.9 Å². The van der Waals surface area contributed by atoms with Crippen LogP contribution in [0.3, 0.4) is 0 Å². The number of rotatable bonds is 6. The Morgan fingerprint density at radius 3 is 2.43 bits per heavy atom. The minimum Gasteiger partial charge on any atom is -0.508 e. The van der Waals surface area contributed by atoms with Gasteiger partial charge in [0, 0.05) is 28.2 Å². The number of phenolic OH excluding ortho intramolecular Hbond substituents is 1. The highest BCUT2D eigenvalue weighted by molar-refractivity contribution is 6.30. The lowest BCUT2D eigenvalue weighted by molar-refractivity contribution is -0.136. The molecule has 3 aromatic rings. The number of aromatic hydroxyl groups is 1. The van der Waals surface area contributed by atoms with E-state index in [0.29, 0.717) is 32.7 Å². The summed E-state index contributed by atoms with van der Waals surface area (Å²) in [4.78, 5) is 36.5. The molecule has 0 fully saturated rings. The maximum Gasteiger partial charge on any atom is 0.305 e. The van der Waals surface area contributed by atoms with E-state index in [1.807, 2.05) is 0 Å². The van der Waals surface area contributed by atoms with Crippen molar-refractivity contribution in [2.45, 2.75) is 26.2 Å². The lowest BCUT2D eigenvalue weighted by Crippen LogP contribution is -2.30. The average Bonchev–Trinajstić information content (AvgIpc) is 2.98. The Morgan fingerprint density at radius 1 is 1.13 bits per heavy atom. The van der Waals surface area contributed by atoms with Crippen LogP contribution in [-0.4, -0.2) is 39.1 Å². The van der Waals surface area contributed by atoms with Gasteiger partial charge in [0.05, 0.1) is 17.9 Å². The highest BCUT2D eigenvalue weighted by atomic mass is 35.5. The van der Waals surface area contributed by atoms with Gasteiger partial charge in [0.25, 0.3) is 5.91 Å². The van der Waals surface area contributed by atoms with Gasteiger partial charge in [-0.2, -0.15) is 0 Å². The van der Waals surface area contributed by atoms with Crippen molar-refractivity contribution in [1.82, 2.24) is 9.88 Å². The molecule has 0 aliphatic heterocycles. The summed E-state index contributed by atoms with van der Waals surface area (Å²) in [7, 11) is 0. The van der Waals surface area contributed by atoms with Gasteiger partial charge in [0.2, 0.25) is 5.91 Å². The minimum atomic E-state index is -1.01. The van der Waals surface area contributed by atoms with Crippen LogP contribution in [0.25, 0.3) is 10.9 Å². The van der Waals surface area contributed by atoms with Crippen LogP contribution in [-0.2, 0) is 9.59 Å². The molecule has 1 heterocycles. The van der Waals surface area contributed by atoms with E-state index in [1.165, 1.54) is 16.7 Å². The van der Waals surface area contributed by atoms with Gasteiger partial charge in [0.1, 0.15) is 5.75 Å². The second kappa shape index (κ2) is 8.59. The van der Waals surface area contributed by atoms with Crippen molar-refractivity contribution in [1.29, 1.82) is 0 Å². The Balaban J connectivity index is 2.07. The number of benzene rings is 2. The number of halogens is 1. The number of carboxylic acid groups (broad SMARTS) is 1. The molecule has 1 unspecified atom stereocenters. The summed E-state index contributed by atoms with van der Waals surface area (Å²) < 4.78 is 1.51. The van der Waals surface area contributed by atoms with Crippen molar-refractivity contribution >= 4 is 40.3 Å². The van der Waals surface area contributed by atoms with Crippen molar-refractivity contribution in [3.8, 4) is 5.75 Å². The van der Waals surface area contributed by atoms with Crippen LogP contribution in [0, 0.1) is 6.92 Å². The van der Waals surface area contributed by atoms with Crippen molar-refractivity contribution < 1.29 is 24.6 Å². The molecule has 2 aromatic carbocycles. The SMILES string of the molecule is Cc1c(C(C)C(=O)NCCC(=O)O)c2cc(O)ccc2n1C(=O)c1ccc(Cl)cc1. The first kappa shape index (κ1) is 21.4. The first-order valence-electron chi connectivity index (χ1n) is 9.34. The first-order chi connectivity index (χ1) is 14.2. The Bertz CT molecular complexity index is 1130. The molecule has 3 N–H and O–H groups in total. The molecule has 0 saturated heterocycles. The number of nitrogens with zero attached hydrogens (tertiary/aromatic N) is 1. The molecular weight excluding hydrogens is 408 g/mol. The average molecular weight is 429 g/mol. The number of carbonyl (C=O) groups excluding carboxylic acids is 2. The maximum absolute atomic E-state index is 13.2. The highest BCUT2D eigenvalue weighted by Crippen LogP contribution is 2.34. The van der Waals surface area contributed by atoms with E-state index in [-0.39, 0.29) is 30.5 Å². The standard InChI is InChI=1S/C22H21ClN2O5/c1-12(21(29)24-10-9-19(27)28)20-13(2)25(18-8-7-16(26)11-17(18)20)22(30)14-3-5-15(23)6-4-14/h3-8,11-12,26H,9-10H2,1-2H3,(H,24,29)(H,27,28). The predicted octanol–water partition coefficient (Wildman–Crippen LogP) is 3.69. The highest BCUT2D eigenvalue weighted by Gasteiger charge is 2.26. The van der Waals surface area contributed by atoms with Gasteiger partial charge in [0.15, 0.2) is 0 Å². The second-order valence-electron chi connectivity index (χ2n) is 7.00. The second-order valence-corrected chi connectivity index (χ2v) is 7.44. The zero-order valence-electron chi connectivity index (χ0n) is 16.5. The fraction of sp³-hybridized carbons (Fsp3) is 0.227. The summed E-state index contributed by atoms with van der Waals surface area (Å²) in [5.41, 5.74) is 2.15. The molecule has 0 spiro atoms. The number of aliphatic carboxylic acids is 1. The van der Waals surface area contributed by atoms with E-state index in [1.54, 1.807) is 44.2 Å². The molecule has 156 valence electrons. The van der Waals surface area contributed by atoms with Gasteiger partial charge in [-0.15, -0.1) is 0 Å². The molecule has 0 radical (unpaired) electrons. The van der Waals surface area contributed by atoms with Gasteiger partial charge in [-0.05, 0) is 61.9 Å². The molecule has 1 atom stereocenters. The van der Waals surface area contributed by atoms with Crippen LogP contribution in [0.15, 0.2) is 42.5 Å². The summed E-state index contributed by atoms with van der Waals surface area (Å²) in [5.74, 6) is -2.31. The van der Waals surface area contributed by atoms with E-state index in [4.69, 9.17) is 16.7 Å². The van der Waals surface area contributed by atoms with Gasteiger partial charge in [-0.25, -0.2) is 0 Å². The minimum absolute atomic E-state index is 0.00511. The van der Waals surface area contributed by atoms with E-state index in [9.17, 15) is 19.5 Å². The number of phenols is 1. The number of carboxylic acids is 1. The molecule has 1 aromatic heterocycles. The van der Waals surface area contributed by atoms with Crippen LogP contribution >= 0.6 is 11.6 Å². The van der Waals surface area contributed by atoms with Crippen LogP contribution < -0.4 is 5.32 Å². The molecule has 0 bridgehead atoms. The normalized spacial score (nSPS) is 12.0. The van der Waals surface area contributed by atoms with Crippen LogP contribution in [0.4, 0.5) is 0 Å². The zero-order valence-corrected chi connectivity index (χ0v) is 17.2. The maximum atomic E-state index is 13.2. The predicted molar refractivity (Wildman–Crippen MR) is 113 cm³/mol. The molecule has 1 amide bonds. The molecule has 0 aliphatic carbocycles.